The molecule has 4 aliphatic carbocycles. The summed E-state index contributed by atoms with van der Waals surface area (Å²) in [6.45, 7) is 11.2. The fourth-order valence-electron chi connectivity index (χ4n) is 8.54. The summed E-state index contributed by atoms with van der Waals surface area (Å²) in [6, 6.07) is 0. The number of fused-ring (bicyclic) bond motifs is 5. The number of aliphatic hydroxyl groups is 1. The van der Waals surface area contributed by atoms with E-state index in [4.69, 9.17) is 4.74 Å². The molecule has 0 bridgehead atoms. The second-order valence-electron chi connectivity index (χ2n) is 11.3. The van der Waals surface area contributed by atoms with Crippen molar-refractivity contribution in [2.75, 3.05) is 6.61 Å². The van der Waals surface area contributed by atoms with Gasteiger partial charge in [0.05, 0.1) is 12.7 Å². The van der Waals surface area contributed by atoms with Gasteiger partial charge in [0.2, 0.25) is 0 Å². The van der Waals surface area contributed by atoms with Crippen LogP contribution in [-0.2, 0) is 14.3 Å². The summed E-state index contributed by atoms with van der Waals surface area (Å²) in [6.07, 6.45) is 8.67. The predicted molar refractivity (Wildman–Crippen MR) is 117 cm³/mol. The van der Waals surface area contributed by atoms with Crippen molar-refractivity contribution in [3.63, 3.8) is 0 Å². The lowest BCUT2D eigenvalue weighted by Gasteiger charge is -2.61. The molecule has 4 rings (SSSR count). The molecular weight excluding hydrogens is 376 g/mol. The Morgan fingerprint density at radius 1 is 1.23 bits per heavy atom. The maximum Gasteiger partial charge on any atom is 0.302 e. The van der Waals surface area contributed by atoms with Crippen molar-refractivity contribution in [1.29, 1.82) is 0 Å². The maximum absolute atomic E-state index is 12.3. The minimum Gasteiger partial charge on any atom is -0.466 e. The normalized spacial score (nSPS) is 46.3. The lowest BCUT2D eigenvalue weighted by Crippen LogP contribution is -2.58. The van der Waals surface area contributed by atoms with Gasteiger partial charge in [0.1, 0.15) is 0 Å². The highest BCUT2D eigenvalue weighted by Gasteiger charge is 2.63. The van der Waals surface area contributed by atoms with Gasteiger partial charge in [0, 0.05) is 19.3 Å². The highest BCUT2D eigenvalue weighted by molar-refractivity contribution is 5.91. The number of carbonyl (C=O) groups is 2. The van der Waals surface area contributed by atoms with E-state index in [1.165, 1.54) is 18.9 Å². The summed E-state index contributed by atoms with van der Waals surface area (Å²) in [5.41, 5.74) is 1.50. The van der Waals surface area contributed by atoms with Gasteiger partial charge in [0.15, 0.2) is 5.78 Å². The Morgan fingerprint density at radius 3 is 2.63 bits per heavy atom. The third-order valence-electron chi connectivity index (χ3n) is 9.97. The molecule has 30 heavy (non-hydrogen) atoms. The van der Waals surface area contributed by atoms with E-state index in [9.17, 15) is 14.7 Å². The largest absolute Gasteiger partial charge is 0.466 e. The molecule has 0 aromatic rings. The van der Waals surface area contributed by atoms with E-state index in [1.807, 2.05) is 6.08 Å². The molecule has 0 saturated heterocycles. The third kappa shape index (κ3) is 3.20. The third-order valence-corrected chi connectivity index (χ3v) is 9.97. The van der Waals surface area contributed by atoms with E-state index < -0.39 is 0 Å². The van der Waals surface area contributed by atoms with Crippen LogP contribution in [0.15, 0.2) is 11.6 Å². The minimum atomic E-state index is -0.350. The van der Waals surface area contributed by atoms with E-state index in [1.54, 1.807) is 0 Å². The van der Waals surface area contributed by atoms with Gasteiger partial charge in [-0.1, -0.05) is 33.3 Å². The minimum absolute atomic E-state index is 0.0568. The number of aliphatic hydroxyl groups excluding tert-OH is 1. The maximum atomic E-state index is 12.3. The van der Waals surface area contributed by atoms with Gasteiger partial charge in [0.25, 0.3) is 0 Å². The Balaban J connectivity index is 1.65. The molecule has 0 radical (unpaired) electrons. The molecule has 3 saturated carbocycles. The van der Waals surface area contributed by atoms with Crippen LogP contribution in [0.4, 0.5) is 0 Å². The molecule has 3 fully saturated rings. The molecule has 4 aliphatic rings. The summed E-state index contributed by atoms with van der Waals surface area (Å²) >= 11 is 0. The number of hydrogen-bond acceptors (Lipinski definition) is 4. The summed E-state index contributed by atoms with van der Waals surface area (Å²) in [4.78, 5) is 23.6. The Morgan fingerprint density at radius 2 is 1.97 bits per heavy atom. The Bertz CT molecular complexity index is 741. The smallest absolute Gasteiger partial charge is 0.302 e. The van der Waals surface area contributed by atoms with Crippen LogP contribution in [0.25, 0.3) is 0 Å². The van der Waals surface area contributed by atoms with E-state index in [0.29, 0.717) is 42.6 Å². The molecule has 0 heterocycles. The number of hydrogen-bond donors (Lipinski definition) is 1. The van der Waals surface area contributed by atoms with Crippen LogP contribution in [0, 0.1) is 46.3 Å². The Hall–Kier alpha value is -1.16. The molecule has 0 amide bonds. The van der Waals surface area contributed by atoms with Crippen LogP contribution < -0.4 is 0 Å². The number of esters is 1. The first-order valence-corrected chi connectivity index (χ1v) is 12.2. The van der Waals surface area contributed by atoms with Gasteiger partial charge in [-0.05, 0) is 85.0 Å². The van der Waals surface area contributed by atoms with Crippen LogP contribution in [0.1, 0.15) is 79.6 Å². The zero-order valence-corrected chi connectivity index (χ0v) is 19.4. The van der Waals surface area contributed by atoms with Gasteiger partial charge in [-0.15, -0.1) is 0 Å². The fourth-order valence-corrected chi connectivity index (χ4v) is 8.54. The molecule has 0 spiro atoms. The molecule has 4 heteroatoms. The summed E-state index contributed by atoms with van der Waals surface area (Å²) < 4.78 is 5.37. The zero-order valence-electron chi connectivity index (χ0n) is 19.4. The zero-order chi connectivity index (χ0) is 21.8. The summed E-state index contributed by atoms with van der Waals surface area (Å²) in [7, 11) is 0. The lowest BCUT2D eigenvalue weighted by molar-refractivity contribution is -0.146. The highest BCUT2D eigenvalue weighted by atomic mass is 16.5. The average molecular weight is 417 g/mol. The first kappa shape index (κ1) is 22.0. The van der Waals surface area contributed by atoms with Gasteiger partial charge in [-0.2, -0.15) is 0 Å². The molecule has 4 nitrogen and oxygen atoms in total. The first-order chi connectivity index (χ1) is 14.1. The second kappa shape index (κ2) is 7.76. The lowest BCUT2D eigenvalue weighted by atomic mass is 9.43. The summed E-state index contributed by atoms with van der Waals surface area (Å²) in [5.74, 6) is 2.34. The predicted octanol–water partition coefficient (Wildman–Crippen LogP) is 4.94. The SMILES string of the molecule is CC[C@H]1C2=CC(=O)CC[C@]2(C)C2CC[C@@]3(C)C(CCC3[C@H](C)COC(C)=O)C2[C@@H]1O. The van der Waals surface area contributed by atoms with Crippen LogP contribution in [0.5, 0.6) is 0 Å². The van der Waals surface area contributed by atoms with E-state index in [-0.39, 0.29) is 34.6 Å². The van der Waals surface area contributed by atoms with Crippen LogP contribution in [0.2, 0.25) is 0 Å². The van der Waals surface area contributed by atoms with Crippen molar-refractivity contribution in [2.45, 2.75) is 85.7 Å². The molecule has 0 aliphatic heterocycles. The quantitative estimate of drug-likeness (QED) is 0.659. The molecule has 0 aromatic heterocycles. The number of carbonyl (C=O) groups excluding carboxylic acids is 2. The van der Waals surface area contributed by atoms with Gasteiger partial charge in [-0.3, -0.25) is 9.59 Å². The monoisotopic (exact) mass is 416 g/mol. The highest BCUT2D eigenvalue weighted by Crippen LogP contribution is 2.68. The van der Waals surface area contributed by atoms with E-state index in [0.717, 1.165) is 32.1 Å². The van der Waals surface area contributed by atoms with E-state index >= 15 is 0 Å². The number of rotatable bonds is 4. The second-order valence-corrected chi connectivity index (χ2v) is 11.3. The van der Waals surface area contributed by atoms with Gasteiger partial charge < -0.3 is 9.84 Å². The molecule has 168 valence electrons. The topological polar surface area (TPSA) is 63.6 Å². The molecular formula is C26H40O4. The van der Waals surface area contributed by atoms with Crippen molar-refractivity contribution in [2.24, 2.45) is 46.3 Å². The molecule has 4 unspecified atom stereocenters. The molecule has 9 atom stereocenters. The molecule has 1 N–H and O–H groups in total. The number of ether oxygens (including phenoxy) is 1. The first-order valence-electron chi connectivity index (χ1n) is 12.2. The van der Waals surface area contributed by atoms with Crippen molar-refractivity contribution in [3.05, 3.63) is 11.6 Å². The van der Waals surface area contributed by atoms with Crippen molar-refractivity contribution >= 4 is 11.8 Å². The standard InChI is InChI=1S/C26H40O4/c1-6-18-22-13-17(28)9-11-26(22,5)21-10-12-25(4)19(15(2)14-30-16(3)27)7-8-20(25)23(21)24(18)29/h13,15,18-21,23-24,29H,6-12,14H2,1-5H3/t15-,18+,19?,20?,21?,23?,24-,25-,26-/m1/s1. The van der Waals surface area contributed by atoms with Gasteiger partial charge in [-0.25, -0.2) is 0 Å². The van der Waals surface area contributed by atoms with Crippen molar-refractivity contribution in [1.82, 2.24) is 0 Å². The van der Waals surface area contributed by atoms with Crippen molar-refractivity contribution in [3.8, 4) is 0 Å². The van der Waals surface area contributed by atoms with E-state index in [2.05, 4.69) is 27.7 Å². The fraction of sp³-hybridized carbons (Fsp3) is 0.846. The van der Waals surface area contributed by atoms with Crippen molar-refractivity contribution < 1.29 is 19.4 Å². The van der Waals surface area contributed by atoms with Crippen LogP contribution in [-0.4, -0.2) is 29.6 Å². The van der Waals surface area contributed by atoms with Crippen LogP contribution >= 0.6 is 0 Å². The average Bonchev–Trinajstić information content (AvgIpc) is 3.05. The Kier molecular flexibility index (Phi) is 5.70. The Labute approximate surface area is 181 Å². The van der Waals surface area contributed by atoms with Crippen LogP contribution in [0.3, 0.4) is 0 Å². The number of ketones is 1. The van der Waals surface area contributed by atoms with Gasteiger partial charge >= 0.3 is 5.97 Å². The molecule has 0 aromatic carbocycles. The summed E-state index contributed by atoms with van der Waals surface area (Å²) in [5, 5.41) is 11.6.